The molecule has 1 aromatic rings. The van der Waals surface area contributed by atoms with E-state index >= 15 is 0 Å². The van der Waals surface area contributed by atoms with Crippen molar-refractivity contribution in [1.82, 2.24) is 0 Å². The normalized spacial score (nSPS) is 12.9. The van der Waals surface area contributed by atoms with Gasteiger partial charge in [-0.15, -0.1) is 0 Å². The predicted molar refractivity (Wildman–Crippen MR) is 106 cm³/mol. The molecule has 1 aromatic carbocycles. The number of carboxylic acid groups (broad SMARTS) is 3. The maximum absolute atomic E-state index is 10.4. The van der Waals surface area contributed by atoms with Gasteiger partial charge in [-0.25, -0.2) is 0 Å². The van der Waals surface area contributed by atoms with E-state index in [1.165, 1.54) is 6.92 Å². The van der Waals surface area contributed by atoms with Gasteiger partial charge in [-0.3, -0.25) is 14.4 Å². The molecule has 0 unspecified atom stereocenters. The summed E-state index contributed by atoms with van der Waals surface area (Å²) in [5, 5.41) is 24.7. The molecule has 3 atom stereocenters. The quantitative estimate of drug-likeness (QED) is 0.266. The minimum Gasteiger partial charge on any atom is -0.480 e. The number of benzene rings is 1. The molecule has 1 rings (SSSR count). The first-order valence-corrected chi connectivity index (χ1v) is 8.72. The van der Waals surface area contributed by atoms with Crippen LogP contribution in [0.5, 0.6) is 0 Å². The Morgan fingerprint density at radius 3 is 1.68 bits per heavy atom. The Balaban J connectivity index is 0. The molecule has 10 heteroatoms. The third-order valence-corrected chi connectivity index (χ3v) is 3.29. The van der Waals surface area contributed by atoms with E-state index in [1.54, 1.807) is 0 Å². The molecule has 0 amide bonds. The van der Waals surface area contributed by atoms with Crippen LogP contribution in [0.3, 0.4) is 0 Å². The molecule has 11 N–H and O–H groups in total. The first-order valence-electron chi connectivity index (χ1n) is 8.72. The highest BCUT2D eigenvalue weighted by Crippen LogP contribution is 2.01. The van der Waals surface area contributed by atoms with Gasteiger partial charge in [0.1, 0.15) is 18.1 Å². The second kappa shape index (κ2) is 16.6. The topological polar surface area (TPSA) is 216 Å². The SMILES string of the molecule is C[C@@H](N)C(=O)O.NCCCC[C@H](N)C(=O)O.N[C@@H](Cc1ccccc1)C(=O)O. The Bertz CT molecular complexity index is 568. The Morgan fingerprint density at radius 2 is 1.32 bits per heavy atom. The van der Waals surface area contributed by atoms with Gasteiger partial charge >= 0.3 is 17.9 Å². The van der Waals surface area contributed by atoms with Crippen molar-refractivity contribution in [2.24, 2.45) is 22.9 Å². The first kappa shape index (κ1) is 27.7. The molecule has 0 radical (unpaired) electrons. The molecule has 0 aromatic heterocycles. The molecule has 0 spiro atoms. The number of hydrogen-bond acceptors (Lipinski definition) is 7. The second-order valence-corrected chi connectivity index (χ2v) is 5.99. The lowest BCUT2D eigenvalue weighted by Gasteiger charge is -2.04. The van der Waals surface area contributed by atoms with Gasteiger partial charge in [0.2, 0.25) is 0 Å². The molecule has 0 aliphatic heterocycles. The summed E-state index contributed by atoms with van der Waals surface area (Å²) in [6, 6.07) is 7.10. The summed E-state index contributed by atoms with van der Waals surface area (Å²) in [6.45, 7) is 2.02. The zero-order valence-corrected chi connectivity index (χ0v) is 16.0. The van der Waals surface area contributed by atoms with Gasteiger partial charge in [-0.1, -0.05) is 36.8 Å². The average Bonchev–Trinajstić information content (AvgIpc) is 2.63. The Kier molecular flexibility index (Phi) is 16.4. The number of aliphatic carboxylic acids is 3. The number of carboxylic acids is 3. The van der Waals surface area contributed by atoms with Crippen LogP contribution in [0.4, 0.5) is 0 Å². The maximum atomic E-state index is 10.4. The van der Waals surface area contributed by atoms with E-state index < -0.39 is 36.0 Å². The predicted octanol–water partition coefficient (Wildman–Crippen LogP) is -0.413. The summed E-state index contributed by atoms with van der Waals surface area (Å²) in [4.78, 5) is 30.1. The molecule has 0 saturated heterocycles. The first-order chi connectivity index (χ1) is 13.0. The molecule has 0 saturated carbocycles. The largest absolute Gasteiger partial charge is 0.480 e. The summed E-state index contributed by atoms with van der Waals surface area (Å²) in [6.07, 6.45) is 2.55. The van der Waals surface area contributed by atoms with Crippen molar-refractivity contribution in [2.45, 2.75) is 50.7 Å². The van der Waals surface area contributed by atoms with Gasteiger partial charge in [-0.2, -0.15) is 0 Å². The molecular formula is C18H32N4O6. The van der Waals surface area contributed by atoms with E-state index in [2.05, 4.69) is 0 Å². The molecule has 160 valence electrons. The van der Waals surface area contributed by atoms with Crippen LogP contribution in [0.15, 0.2) is 30.3 Å². The monoisotopic (exact) mass is 400 g/mol. The zero-order chi connectivity index (χ0) is 22.1. The van der Waals surface area contributed by atoms with Crippen molar-refractivity contribution in [3.05, 3.63) is 35.9 Å². The van der Waals surface area contributed by atoms with Crippen molar-refractivity contribution in [1.29, 1.82) is 0 Å². The van der Waals surface area contributed by atoms with Crippen molar-refractivity contribution in [2.75, 3.05) is 6.54 Å². The summed E-state index contributed by atoms with van der Waals surface area (Å²) in [5.74, 6) is -2.86. The molecule has 0 fully saturated rings. The fourth-order valence-corrected chi connectivity index (χ4v) is 1.59. The summed E-state index contributed by atoms with van der Waals surface area (Å²) in [7, 11) is 0. The van der Waals surface area contributed by atoms with E-state index in [-0.39, 0.29) is 0 Å². The van der Waals surface area contributed by atoms with E-state index in [1.807, 2.05) is 30.3 Å². The lowest BCUT2D eigenvalue weighted by atomic mass is 10.1. The average molecular weight is 400 g/mol. The van der Waals surface area contributed by atoms with Crippen LogP contribution in [-0.2, 0) is 20.8 Å². The number of rotatable bonds is 9. The summed E-state index contributed by atoms with van der Waals surface area (Å²) < 4.78 is 0. The Morgan fingerprint density at radius 1 is 0.857 bits per heavy atom. The second-order valence-electron chi connectivity index (χ2n) is 5.99. The number of carbonyl (C=O) groups is 3. The van der Waals surface area contributed by atoms with Crippen LogP contribution < -0.4 is 22.9 Å². The van der Waals surface area contributed by atoms with Crippen LogP contribution in [0.25, 0.3) is 0 Å². The van der Waals surface area contributed by atoms with Crippen LogP contribution in [0.2, 0.25) is 0 Å². The van der Waals surface area contributed by atoms with Crippen molar-refractivity contribution in [3.8, 4) is 0 Å². The maximum Gasteiger partial charge on any atom is 0.320 e. The van der Waals surface area contributed by atoms with Gasteiger partial charge in [0.05, 0.1) is 0 Å². The van der Waals surface area contributed by atoms with Gasteiger partial charge in [-0.05, 0) is 38.3 Å². The van der Waals surface area contributed by atoms with Crippen LogP contribution >= 0.6 is 0 Å². The third-order valence-electron chi connectivity index (χ3n) is 3.29. The molecule has 0 heterocycles. The van der Waals surface area contributed by atoms with Crippen molar-refractivity contribution in [3.63, 3.8) is 0 Å². The lowest BCUT2D eigenvalue weighted by Crippen LogP contribution is -2.32. The van der Waals surface area contributed by atoms with Crippen LogP contribution in [-0.4, -0.2) is 57.9 Å². The van der Waals surface area contributed by atoms with E-state index in [4.69, 9.17) is 38.3 Å². The fourth-order valence-electron chi connectivity index (χ4n) is 1.59. The number of nitrogens with two attached hydrogens (primary N) is 4. The van der Waals surface area contributed by atoms with E-state index in [9.17, 15) is 14.4 Å². The Labute approximate surface area is 164 Å². The van der Waals surface area contributed by atoms with Crippen molar-refractivity contribution < 1.29 is 29.7 Å². The molecule has 10 nitrogen and oxygen atoms in total. The highest BCUT2D eigenvalue weighted by Gasteiger charge is 2.11. The Hall–Kier alpha value is -2.53. The smallest absolute Gasteiger partial charge is 0.320 e. The fraction of sp³-hybridized carbons (Fsp3) is 0.500. The lowest BCUT2D eigenvalue weighted by molar-refractivity contribution is -0.139. The highest BCUT2D eigenvalue weighted by molar-refractivity contribution is 5.73. The van der Waals surface area contributed by atoms with E-state index in [0.29, 0.717) is 19.4 Å². The van der Waals surface area contributed by atoms with Gasteiger partial charge in [0.25, 0.3) is 0 Å². The molecule has 28 heavy (non-hydrogen) atoms. The minimum atomic E-state index is -0.963. The summed E-state index contributed by atoms with van der Waals surface area (Å²) >= 11 is 0. The summed E-state index contributed by atoms with van der Waals surface area (Å²) in [5.41, 5.74) is 21.6. The standard InChI is InChI=1S/C9H11NO2.C6H14N2O2.C3H7NO2/c10-8(9(11)12)6-7-4-2-1-3-5-7;7-4-2-1-3-5(8)6(9)10;1-2(4)3(5)6/h1-5,8H,6,10H2,(H,11,12);5H,1-4,7-8H2,(H,9,10);2H,4H2,1H3,(H,5,6)/t8-;5-;2-/m001/s1. The van der Waals surface area contributed by atoms with Crippen molar-refractivity contribution >= 4 is 17.9 Å². The van der Waals surface area contributed by atoms with Crippen LogP contribution in [0, 0.1) is 0 Å². The van der Waals surface area contributed by atoms with Crippen LogP contribution in [0.1, 0.15) is 31.7 Å². The van der Waals surface area contributed by atoms with Gasteiger partial charge in [0, 0.05) is 0 Å². The molecular weight excluding hydrogens is 368 g/mol. The van der Waals surface area contributed by atoms with Gasteiger partial charge in [0.15, 0.2) is 0 Å². The molecule has 0 bridgehead atoms. The van der Waals surface area contributed by atoms with E-state index in [0.717, 1.165) is 18.4 Å². The van der Waals surface area contributed by atoms with Gasteiger partial charge < -0.3 is 38.3 Å². The molecule has 0 aliphatic carbocycles. The number of unbranched alkanes of at least 4 members (excludes halogenated alkanes) is 1. The number of hydrogen-bond donors (Lipinski definition) is 7. The zero-order valence-electron chi connectivity index (χ0n) is 16.0. The third kappa shape index (κ3) is 16.9. The molecule has 0 aliphatic rings. The minimum absolute atomic E-state index is 0.385. The highest BCUT2D eigenvalue weighted by atomic mass is 16.4.